The largest absolute Gasteiger partial charge is 0.379 e. The lowest BCUT2D eigenvalue weighted by atomic mass is 10.1. The SMILES string of the molecule is CCS/C(N)=N\C(C)CC1=NNC(Cc2ccncc2)N1. The second kappa shape index (κ2) is 7.87. The highest BCUT2D eigenvalue weighted by molar-refractivity contribution is 8.13. The highest BCUT2D eigenvalue weighted by atomic mass is 32.2. The summed E-state index contributed by atoms with van der Waals surface area (Å²) in [7, 11) is 0. The highest BCUT2D eigenvalue weighted by Crippen LogP contribution is 2.08. The molecule has 2 rings (SSSR count). The number of rotatable bonds is 6. The zero-order valence-electron chi connectivity index (χ0n) is 12.4. The number of aliphatic imine (C=N–C) groups is 1. The van der Waals surface area contributed by atoms with Crippen LogP contribution in [-0.4, -0.2) is 33.9 Å². The molecule has 0 bridgehead atoms. The molecule has 0 amide bonds. The van der Waals surface area contributed by atoms with Gasteiger partial charge >= 0.3 is 0 Å². The summed E-state index contributed by atoms with van der Waals surface area (Å²) in [4.78, 5) is 8.46. The number of nitrogens with two attached hydrogens (primary N) is 1. The molecular formula is C14H22N6S. The van der Waals surface area contributed by atoms with Crippen molar-refractivity contribution >= 4 is 22.8 Å². The van der Waals surface area contributed by atoms with Crippen LogP contribution in [0.3, 0.4) is 0 Å². The van der Waals surface area contributed by atoms with Gasteiger partial charge < -0.3 is 11.1 Å². The van der Waals surface area contributed by atoms with Gasteiger partial charge in [-0.1, -0.05) is 18.7 Å². The fraction of sp³-hybridized carbons (Fsp3) is 0.500. The Labute approximate surface area is 129 Å². The molecule has 1 aliphatic rings. The van der Waals surface area contributed by atoms with Gasteiger partial charge in [0.1, 0.15) is 12.0 Å². The molecule has 0 saturated carbocycles. The Morgan fingerprint density at radius 3 is 2.95 bits per heavy atom. The zero-order valence-corrected chi connectivity index (χ0v) is 13.2. The van der Waals surface area contributed by atoms with Gasteiger partial charge in [0.25, 0.3) is 0 Å². The molecule has 2 heterocycles. The summed E-state index contributed by atoms with van der Waals surface area (Å²) in [5.74, 6) is 1.87. The molecule has 1 aliphatic heterocycles. The second-order valence-corrected chi connectivity index (χ2v) is 6.18. The van der Waals surface area contributed by atoms with Crippen LogP contribution in [0.2, 0.25) is 0 Å². The Kier molecular flexibility index (Phi) is 5.86. The molecule has 0 fully saturated rings. The number of aromatic nitrogens is 1. The number of hydrogen-bond donors (Lipinski definition) is 3. The number of nitrogens with one attached hydrogen (secondary N) is 2. The number of nitrogens with zero attached hydrogens (tertiary/aromatic N) is 3. The van der Waals surface area contributed by atoms with Gasteiger partial charge in [0.2, 0.25) is 0 Å². The third-order valence-corrected chi connectivity index (χ3v) is 3.70. The van der Waals surface area contributed by atoms with Crippen molar-refractivity contribution in [1.82, 2.24) is 15.7 Å². The quantitative estimate of drug-likeness (QED) is 0.545. The molecule has 6 nitrogen and oxygen atoms in total. The lowest BCUT2D eigenvalue weighted by molar-refractivity contribution is 0.538. The van der Waals surface area contributed by atoms with Gasteiger partial charge in [-0.2, -0.15) is 5.10 Å². The summed E-state index contributed by atoms with van der Waals surface area (Å²) in [5, 5.41) is 8.35. The van der Waals surface area contributed by atoms with E-state index in [4.69, 9.17) is 5.73 Å². The van der Waals surface area contributed by atoms with Crippen molar-refractivity contribution in [3.8, 4) is 0 Å². The van der Waals surface area contributed by atoms with Crippen LogP contribution in [0.5, 0.6) is 0 Å². The summed E-state index contributed by atoms with van der Waals surface area (Å²) >= 11 is 1.57. The maximum Gasteiger partial charge on any atom is 0.154 e. The Morgan fingerprint density at radius 2 is 2.24 bits per heavy atom. The summed E-state index contributed by atoms with van der Waals surface area (Å²) in [6.45, 7) is 4.11. The molecule has 0 radical (unpaired) electrons. The van der Waals surface area contributed by atoms with Gasteiger partial charge in [0.05, 0.1) is 6.04 Å². The first-order valence-corrected chi connectivity index (χ1v) is 8.09. The van der Waals surface area contributed by atoms with E-state index in [1.807, 2.05) is 19.1 Å². The van der Waals surface area contributed by atoms with Crippen LogP contribution in [0.4, 0.5) is 0 Å². The molecule has 1 aromatic rings. The fourth-order valence-electron chi connectivity index (χ4n) is 2.11. The van der Waals surface area contributed by atoms with Crippen molar-refractivity contribution in [3.05, 3.63) is 30.1 Å². The predicted molar refractivity (Wildman–Crippen MR) is 89.3 cm³/mol. The monoisotopic (exact) mass is 306 g/mol. The van der Waals surface area contributed by atoms with Crippen molar-refractivity contribution in [3.63, 3.8) is 0 Å². The van der Waals surface area contributed by atoms with Crippen LogP contribution in [0.15, 0.2) is 34.6 Å². The van der Waals surface area contributed by atoms with E-state index in [9.17, 15) is 0 Å². The van der Waals surface area contributed by atoms with Crippen molar-refractivity contribution < 1.29 is 0 Å². The van der Waals surface area contributed by atoms with E-state index in [-0.39, 0.29) is 12.2 Å². The summed E-state index contributed by atoms with van der Waals surface area (Å²) < 4.78 is 0. The average molecular weight is 306 g/mol. The summed E-state index contributed by atoms with van der Waals surface area (Å²) in [6.07, 6.45) is 5.35. The second-order valence-electron chi connectivity index (χ2n) is 4.90. The number of hydrazone groups is 1. The van der Waals surface area contributed by atoms with E-state index in [0.717, 1.165) is 24.4 Å². The van der Waals surface area contributed by atoms with Crippen molar-refractivity contribution in [2.24, 2.45) is 15.8 Å². The summed E-state index contributed by atoms with van der Waals surface area (Å²) in [5.41, 5.74) is 10.2. The van der Waals surface area contributed by atoms with Gasteiger partial charge in [-0.05, 0) is 30.4 Å². The Balaban J connectivity index is 1.78. The molecule has 0 spiro atoms. The normalized spacial score (nSPS) is 19.6. The summed E-state index contributed by atoms with van der Waals surface area (Å²) in [6, 6.07) is 4.14. The van der Waals surface area contributed by atoms with E-state index in [1.54, 1.807) is 24.2 Å². The Hall–Kier alpha value is -1.76. The lowest BCUT2D eigenvalue weighted by Crippen LogP contribution is -2.37. The van der Waals surface area contributed by atoms with Crippen LogP contribution in [0.25, 0.3) is 0 Å². The first kappa shape index (κ1) is 15.6. The molecular weight excluding hydrogens is 284 g/mol. The fourth-order valence-corrected chi connectivity index (χ4v) is 2.66. The number of thioether (sulfide) groups is 1. The first-order chi connectivity index (χ1) is 10.2. The maximum atomic E-state index is 5.82. The number of amidine groups is 2. The molecule has 0 aromatic carbocycles. The topological polar surface area (TPSA) is 87.7 Å². The third kappa shape index (κ3) is 5.26. The van der Waals surface area contributed by atoms with E-state index >= 15 is 0 Å². The molecule has 2 atom stereocenters. The molecule has 1 aromatic heterocycles. The Bertz CT molecular complexity index is 501. The third-order valence-electron chi connectivity index (χ3n) is 3.01. The smallest absolute Gasteiger partial charge is 0.154 e. The molecule has 0 saturated heterocycles. The maximum absolute atomic E-state index is 5.82. The first-order valence-electron chi connectivity index (χ1n) is 7.11. The van der Waals surface area contributed by atoms with Gasteiger partial charge in [0, 0.05) is 25.2 Å². The molecule has 21 heavy (non-hydrogen) atoms. The lowest BCUT2D eigenvalue weighted by Gasteiger charge is -2.13. The minimum absolute atomic E-state index is 0.122. The van der Waals surface area contributed by atoms with Crippen LogP contribution in [0.1, 0.15) is 25.8 Å². The number of hydrogen-bond acceptors (Lipinski definition) is 6. The molecule has 0 aliphatic carbocycles. The molecule has 2 unspecified atom stereocenters. The highest BCUT2D eigenvalue weighted by Gasteiger charge is 2.18. The van der Waals surface area contributed by atoms with E-state index in [1.165, 1.54) is 5.56 Å². The van der Waals surface area contributed by atoms with Crippen LogP contribution < -0.4 is 16.5 Å². The predicted octanol–water partition coefficient (Wildman–Crippen LogP) is 1.30. The molecule has 7 heteroatoms. The minimum atomic E-state index is 0.122. The van der Waals surface area contributed by atoms with Crippen molar-refractivity contribution in [1.29, 1.82) is 0 Å². The molecule has 114 valence electrons. The van der Waals surface area contributed by atoms with Gasteiger partial charge in [-0.3, -0.25) is 15.4 Å². The van der Waals surface area contributed by atoms with E-state index in [0.29, 0.717) is 5.17 Å². The van der Waals surface area contributed by atoms with Crippen LogP contribution in [0, 0.1) is 0 Å². The van der Waals surface area contributed by atoms with Crippen LogP contribution >= 0.6 is 11.8 Å². The number of pyridine rings is 1. The van der Waals surface area contributed by atoms with Crippen LogP contribution in [-0.2, 0) is 6.42 Å². The Morgan fingerprint density at radius 1 is 1.48 bits per heavy atom. The standard InChI is InChI=1S/C14H22N6S/c1-3-21-14(15)17-10(2)8-12-18-13(20-19-12)9-11-4-6-16-7-5-11/h4-7,10,13,20H,3,8-9H2,1-2H3,(H2,15,17)(H,18,19). The van der Waals surface area contributed by atoms with Crippen molar-refractivity contribution in [2.45, 2.75) is 38.9 Å². The zero-order chi connectivity index (χ0) is 15.1. The minimum Gasteiger partial charge on any atom is -0.379 e. The van der Waals surface area contributed by atoms with Gasteiger partial charge in [0.15, 0.2) is 5.17 Å². The van der Waals surface area contributed by atoms with E-state index in [2.05, 4.69) is 32.7 Å². The average Bonchev–Trinajstić information content (AvgIpc) is 2.87. The molecule has 4 N–H and O–H groups in total. The van der Waals surface area contributed by atoms with Crippen molar-refractivity contribution in [2.75, 3.05) is 5.75 Å². The van der Waals surface area contributed by atoms with E-state index < -0.39 is 0 Å². The van der Waals surface area contributed by atoms with Gasteiger partial charge in [-0.25, -0.2) is 0 Å². The van der Waals surface area contributed by atoms with Gasteiger partial charge in [-0.15, -0.1) is 0 Å².